The summed E-state index contributed by atoms with van der Waals surface area (Å²) in [4.78, 5) is 22.1. The van der Waals surface area contributed by atoms with Crippen LogP contribution in [0.15, 0.2) is 115 Å². The third kappa shape index (κ3) is 6.25. The first kappa shape index (κ1) is 29.5. The van der Waals surface area contributed by atoms with E-state index in [1.54, 1.807) is 30.3 Å². The van der Waals surface area contributed by atoms with Crippen LogP contribution in [0, 0.1) is 0 Å². The molecule has 0 saturated heterocycles. The van der Waals surface area contributed by atoms with Crippen LogP contribution in [-0.2, 0) is 4.87 Å². The summed E-state index contributed by atoms with van der Waals surface area (Å²) in [6, 6.07) is 34.8. The van der Waals surface area contributed by atoms with E-state index in [0.717, 1.165) is 28.1 Å². The Morgan fingerprint density at radius 3 is 1.43 bits per heavy atom. The number of carboxylic acids is 1. The van der Waals surface area contributed by atoms with Gasteiger partial charge in [-0.3, -0.25) is 4.79 Å². The van der Waals surface area contributed by atoms with E-state index in [1.807, 2.05) is 78.9 Å². The van der Waals surface area contributed by atoms with Crippen molar-refractivity contribution in [3.8, 4) is 0 Å². The van der Waals surface area contributed by atoms with Crippen molar-refractivity contribution < 1.29 is 14.7 Å². The maximum atomic E-state index is 11.7. The first-order chi connectivity index (χ1) is 20.1. The summed E-state index contributed by atoms with van der Waals surface area (Å²) in [5.41, 5.74) is 5.60. The van der Waals surface area contributed by atoms with Gasteiger partial charge in [-0.25, -0.2) is 4.79 Å². The Labute approximate surface area is 262 Å². The first-order valence-corrected chi connectivity index (χ1v) is 14.2. The van der Waals surface area contributed by atoms with Gasteiger partial charge in [-0.15, -0.1) is 11.6 Å². The van der Waals surface area contributed by atoms with Crippen LogP contribution in [0.5, 0.6) is 0 Å². The Bertz CT molecular complexity index is 1650. The van der Waals surface area contributed by atoms with Crippen LogP contribution < -0.4 is 10.6 Å². The van der Waals surface area contributed by atoms with E-state index in [2.05, 4.69) is 10.6 Å². The number of halogens is 4. The predicted octanol–water partition coefficient (Wildman–Crippen LogP) is 10.1. The molecule has 1 unspecified atom stereocenters. The maximum absolute atomic E-state index is 11.7. The number of rotatable bonds is 9. The van der Waals surface area contributed by atoms with Gasteiger partial charge in [0.25, 0.3) is 5.24 Å². The molecule has 0 spiro atoms. The van der Waals surface area contributed by atoms with Gasteiger partial charge in [-0.1, -0.05) is 77.8 Å². The molecule has 0 aliphatic rings. The van der Waals surface area contributed by atoms with Crippen molar-refractivity contribution >= 4 is 80.4 Å². The smallest absolute Gasteiger partial charge is 0.337 e. The van der Waals surface area contributed by atoms with Crippen molar-refractivity contribution in [1.82, 2.24) is 0 Å². The lowest BCUT2D eigenvalue weighted by molar-refractivity contribution is 0.0697. The lowest BCUT2D eigenvalue weighted by Gasteiger charge is -2.29. The minimum Gasteiger partial charge on any atom is -0.478 e. The van der Waals surface area contributed by atoms with Gasteiger partial charge in [0.1, 0.15) is 4.87 Å². The highest BCUT2D eigenvalue weighted by atomic mass is 35.5. The van der Waals surface area contributed by atoms with Gasteiger partial charge in [0, 0.05) is 22.7 Å². The molecule has 0 saturated carbocycles. The van der Waals surface area contributed by atoms with Crippen molar-refractivity contribution in [1.29, 1.82) is 0 Å². The van der Waals surface area contributed by atoms with Gasteiger partial charge in [0.15, 0.2) is 0 Å². The van der Waals surface area contributed by atoms with E-state index in [0.29, 0.717) is 11.4 Å². The van der Waals surface area contributed by atoms with Crippen molar-refractivity contribution in [2.75, 3.05) is 10.6 Å². The van der Waals surface area contributed by atoms with E-state index in [4.69, 9.17) is 46.4 Å². The fraction of sp³-hybridized carbons (Fsp3) is 0.0303. The van der Waals surface area contributed by atoms with Crippen LogP contribution in [0.2, 0.25) is 10.0 Å². The summed E-state index contributed by atoms with van der Waals surface area (Å²) in [6.07, 6.45) is 0. The zero-order valence-corrected chi connectivity index (χ0v) is 24.8. The Balaban J connectivity index is 1.44. The van der Waals surface area contributed by atoms with Gasteiger partial charge < -0.3 is 15.7 Å². The number of hydrogen-bond donors (Lipinski definition) is 3. The molecule has 0 aliphatic heterocycles. The number of anilines is 4. The van der Waals surface area contributed by atoms with Crippen LogP contribution in [-0.4, -0.2) is 16.3 Å². The van der Waals surface area contributed by atoms with E-state index in [-0.39, 0.29) is 21.2 Å². The Hall–Kier alpha value is -4.00. The fourth-order valence-electron chi connectivity index (χ4n) is 4.59. The maximum Gasteiger partial charge on any atom is 0.337 e. The second-order valence-electron chi connectivity index (χ2n) is 9.40. The largest absolute Gasteiger partial charge is 0.478 e. The normalized spacial score (nSPS) is 12.3. The predicted molar refractivity (Wildman–Crippen MR) is 172 cm³/mol. The van der Waals surface area contributed by atoms with E-state index >= 15 is 0 Å². The number of aromatic carboxylic acids is 1. The quantitative estimate of drug-likeness (QED) is 0.0853. The Morgan fingerprint density at radius 2 is 0.976 bits per heavy atom. The van der Waals surface area contributed by atoms with Crippen LogP contribution in [0.4, 0.5) is 22.7 Å². The van der Waals surface area contributed by atoms with Crippen molar-refractivity contribution in [3.63, 3.8) is 0 Å². The molecule has 5 rings (SSSR count). The Kier molecular flexibility index (Phi) is 8.76. The molecule has 9 heteroatoms. The van der Waals surface area contributed by atoms with Gasteiger partial charge >= 0.3 is 5.97 Å². The molecule has 210 valence electrons. The van der Waals surface area contributed by atoms with Gasteiger partial charge in [-0.2, -0.15) is 0 Å². The number of alkyl halides is 1. The second-order valence-corrected chi connectivity index (χ2v) is 11.1. The summed E-state index contributed by atoms with van der Waals surface area (Å²) >= 11 is 25.2. The third-order valence-corrected chi connectivity index (χ3v) is 8.21. The summed E-state index contributed by atoms with van der Waals surface area (Å²) in [5.74, 6) is -1.10. The Morgan fingerprint density at radius 1 is 0.571 bits per heavy atom. The second kappa shape index (κ2) is 12.5. The average Bonchev–Trinajstić information content (AvgIpc) is 2.99. The molecule has 42 heavy (non-hydrogen) atoms. The lowest BCUT2D eigenvalue weighted by atomic mass is 9.84. The molecule has 0 radical (unpaired) electrons. The van der Waals surface area contributed by atoms with Crippen LogP contribution >= 0.6 is 46.4 Å². The van der Waals surface area contributed by atoms with Crippen LogP contribution in [0.3, 0.4) is 0 Å². The lowest BCUT2D eigenvalue weighted by Crippen LogP contribution is -2.22. The number of carboxylic acid groups (broad SMARTS) is 1. The van der Waals surface area contributed by atoms with Gasteiger partial charge in [0.05, 0.1) is 21.2 Å². The molecule has 0 amide bonds. The third-order valence-electron chi connectivity index (χ3n) is 6.69. The average molecular weight is 636 g/mol. The zero-order valence-electron chi connectivity index (χ0n) is 21.7. The van der Waals surface area contributed by atoms with E-state index in [1.165, 1.54) is 6.07 Å². The molecular weight excluding hydrogens is 614 g/mol. The molecule has 0 fully saturated rings. The number of hydrogen-bond acceptors (Lipinski definition) is 4. The molecule has 0 heterocycles. The molecule has 5 aromatic carbocycles. The molecule has 1 atom stereocenters. The highest BCUT2D eigenvalue weighted by molar-refractivity contribution is 6.68. The van der Waals surface area contributed by atoms with Gasteiger partial charge in [-0.05, 0) is 89.0 Å². The highest BCUT2D eigenvalue weighted by Gasteiger charge is 2.34. The molecule has 0 aromatic heterocycles. The molecule has 0 aliphatic carbocycles. The first-order valence-electron chi connectivity index (χ1n) is 12.7. The summed E-state index contributed by atoms with van der Waals surface area (Å²) in [5, 5.41) is 15.7. The number of carbonyl (C=O) groups is 2. The topological polar surface area (TPSA) is 78.4 Å². The monoisotopic (exact) mass is 634 g/mol. The molecule has 0 bridgehead atoms. The van der Waals surface area contributed by atoms with E-state index in [9.17, 15) is 14.7 Å². The van der Waals surface area contributed by atoms with Crippen molar-refractivity contribution in [3.05, 3.63) is 153 Å². The SMILES string of the molecule is O=C(O)c1cc(Nc2ccc(C(Cl)(c3ccccc3)c3ccc(Nc4ccc(Cl)c(C(=O)Cl)c4)cc3)cc2)ccc1Cl. The zero-order chi connectivity index (χ0) is 29.9. The molecule has 5 nitrogen and oxygen atoms in total. The minimum absolute atomic E-state index is 0.0177. The molecule has 3 N–H and O–H groups in total. The molecule has 5 aromatic rings. The van der Waals surface area contributed by atoms with E-state index < -0.39 is 16.1 Å². The van der Waals surface area contributed by atoms with Crippen LogP contribution in [0.1, 0.15) is 37.4 Å². The van der Waals surface area contributed by atoms with Crippen molar-refractivity contribution in [2.45, 2.75) is 4.87 Å². The highest BCUT2D eigenvalue weighted by Crippen LogP contribution is 2.44. The fourth-order valence-corrected chi connectivity index (χ4v) is 5.57. The molecular formula is C33H22Cl4N2O3. The number of benzene rings is 5. The minimum atomic E-state index is -1.10. The van der Waals surface area contributed by atoms with Crippen LogP contribution in [0.25, 0.3) is 0 Å². The summed E-state index contributed by atoms with van der Waals surface area (Å²) < 4.78 is 0. The number of carbonyl (C=O) groups excluding carboxylic acids is 1. The van der Waals surface area contributed by atoms with Gasteiger partial charge in [0.2, 0.25) is 0 Å². The summed E-state index contributed by atoms with van der Waals surface area (Å²) in [7, 11) is 0. The summed E-state index contributed by atoms with van der Waals surface area (Å²) in [6.45, 7) is 0. The standard InChI is InChI=1S/C33H22Cl4N2O3/c34-29-16-14-25(18-27(29)31(36)40)38-23-10-6-21(7-11-23)33(37,20-4-2-1-3-5-20)22-8-12-24(13-9-22)39-26-15-17-30(35)28(19-26)32(41)42/h1-19,38-39H,(H,41,42). The number of nitrogens with one attached hydrogen (secondary N) is 2. The van der Waals surface area contributed by atoms with Crippen molar-refractivity contribution in [2.24, 2.45) is 0 Å².